The molecule has 0 aliphatic carbocycles. The summed E-state index contributed by atoms with van der Waals surface area (Å²) < 4.78 is 0. The van der Waals surface area contributed by atoms with Crippen molar-refractivity contribution >= 4 is 22.8 Å². The van der Waals surface area contributed by atoms with E-state index in [1.54, 1.807) is 0 Å². The van der Waals surface area contributed by atoms with E-state index in [-0.39, 0.29) is 16.5 Å². The Labute approximate surface area is 315 Å². The molecule has 0 heterocycles. The molecular formula is C46H76N2Ni. The van der Waals surface area contributed by atoms with E-state index < -0.39 is 0 Å². The number of hydrogen-bond acceptors (Lipinski definition) is 2. The van der Waals surface area contributed by atoms with Crippen LogP contribution in [0.1, 0.15) is 206 Å². The van der Waals surface area contributed by atoms with E-state index in [4.69, 9.17) is 9.98 Å². The number of rotatable bonds is 31. The topological polar surface area (TPSA) is 24.7 Å². The summed E-state index contributed by atoms with van der Waals surface area (Å²) in [6.45, 7) is 9.12. The molecule has 2 aromatic carbocycles. The van der Waals surface area contributed by atoms with Crippen molar-refractivity contribution in [1.82, 2.24) is 0 Å². The van der Waals surface area contributed by atoms with E-state index in [9.17, 15) is 0 Å². The maximum Gasteiger partial charge on any atom is 0.0633 e. The van der Waals surface area contributed by atoms with Crippen LogP contribution in [0.3, 0.4) is 0 Å². The van der Waals surface area contributed by atoms with E-state index >= 15 is 0 Å². The van der Waals surface area contributed by atoms with Gasteiger partial charge in [-0.05, 0) is 80.3 Å². The van der Waals surface area contributed by atoms with Crippen molar-refractivity contribution in [2.45, 2.75) is 207 Å². The van der Waals surface area contributed by atoms with Gasteiger partial charge in [0.2, 0.25) is 0 Å². The molecule has 0 radical (unpaired) electrons. The van der Waals surface area contributed by atoms with Gasteiger partial charge in [-0.25, -0.2) is 0 Å². The number of benzene rings is 2. The Balaban J connectivity index is 0.0000120. The third-order valence-corrected chi connectivity index (χ3v) is 9.97. The standard InChI is InChI=1S/C46H76N2.Ni/c1-5-9-12-15-18-20-22-24-27-30-41-33-37-43(38-34-41)47-45(8-4)46(32-29-26-17-14-11-7-3)48-44-39-35-42(36-40-44)31-28-25-23-21-19-16-13-10-6-2;/h33-40H,5-32H2,1-4H3;/b47-45+,48-46+;. The van der Waals surface area contributed by atoms with Gasteiger partial charge in [0.05, 0.1) is 22.8 Å². The first kappa shape index (κ1) is 45.3. The molecule has 0 atom stereocenters. The molecule has 49 heavy (non-hydrogen) atoms. The predicted octanol–water partition coefficient (Wildman–Crippen LogP) is 15.8. The zero-order valence-electron chi connectivity index (χ0n) is 32.6. The molecule has 0 aliphatic rings. The molecule has 0 amide bonds. The fourth-order valence-electron chi connectivity index (χ4n) is 6.75. The largest absolute Gasteiger partial charge is 0.252 e. The van der Waals surface area contributed by atoms with Crippen molar-refractivity contribution in [2.24, 2.45) is 9.98 Å². The molecule has 0 saturated carbocycles. The van der Waals surface area contributed by atoms with Crippen molar-refractivity contribution < 1.29 is 16.5 Å². The summed E-state index contributed by atoms with van der Waals surface area (Å²) in [7, 11) is 0. The SMILES string of the molecule is CCCCCCCCCCCc1ccc(/N=C(CC)/C(CCCCCCCC)=N/c2ccc(CCCCCCCCCCC)cc2)cc1.[Ni]. The molecule has 0 aliphatic heterocycles. The monoisotopic (exact) mass is 715 g/mol. The average molecular weight is 716 g/mol. The molecular weight excluding hydrogens is 639 g/mol. The van der Waals surface area contributed by atoms with Crippen LogP contribution in [-0.2, 0) is 29.3 Å². The number of nitrogens with zero attached hydrogens (tertiary/aromatic N) is 2. The first-order chi connectivity index (χ1) is 23.7. The Morgan fingerprint density at radius 1 is 0.367 bits per heavy atom. The minimum absolute atomic E-state index is 0. The average Bonchev–Trinajstić information content (AvgIpc) is 3.11. The van der Waals surface area contributed by atoms with Gasteiger partial charge in [0.25, 0.3) is 0 Å². The van der Waals surface area contributed by atoms with Crippen LogP contribution in [-0.4, -0.2) is 11.4 Å². The molecule has 0 bridgehead atoms. The molecule has 280 valence electrons. The van der Waals surface area contributed by atoms with Crippen LogP contribution in [0.2, 0.25) is 0 Å². The van der Waals surface area contributed by atoms with Gasteiger partial charge in [-0.2, -0.15) is 0 Å². The molecule has 2 aromatic rings. The van der Waals surface area contributed by atoms with Crippen LogP contribution in [0.15, 0.2) is 58.5 Å². The maximum absolute atomic E-state index is 5.24. The first-order valence-electron chi connectivity index (χ1n) is 21.0. The van der Waals surface area contributed by atoms with Crippen LogP contribution in [0.4, 0.5) is 11.4 Å². The van der Waals surface area contributed by atoms with Crippen LogP contribution in [0.25, 0.3) is 0 Å². The summed E-state index contributed by atoms with van der Waals surface area (Å²) in [6, 6.07) is 18.1. The van der Waals surface area contributed by atoms with E-state index in [2.05, 4.69) is 76.2 Å². The number of unbranched alkanes of at least 4 members (excludes halogenated alkanes) is 21. The normalized spacial score (nSPS) is 12.0. The predicted molar refractivity (Wildman–Crippen MR) is 217 cm³/mol. The van der Waals surface area contributed by atoms with Crippen LogP contribution in [0.5, 0.6) is 0 Å². The third-order valence-electron chi connectivity index (χ3n) is 9.97. The van der Waals surface area contributed by atoms with Crippen LogP contribution in [0, 0.1) is 0 Å². The van der Waals surface area contributed by atoms with Gasteiger partial charge in [-0.3, -0.25) is 9.98 Å². The van der Waals surface area contributed by atoms with Gasteiger partial charge in [-0.1, -0.05) is 187 Å². The third kappa shape index (κ3) is 23.4. The van der Waals surface area contributed by atoms with Gasteiger partial charge >= 0.3 is 0 Å². The minimum Gasteiger partial charge on any atom is -0.252 e. The van der Waals surface area contributed by atoms with Crippen LogP contribution >= 0.6 is 0 Å². The zero-order chi connectivity index (χ0) is 34.3. The van der Waals surface area contributed by atoms with Gasteiger partial charge < -0.3 is 0 Å². The molecule has 0 aromatic heterocycles. The van der Waals surface area contributed by atoms with E-state index in [1.165, 1.54) is 184 Å². The Hall–Kier alpha value is -1.73. The molecule has 0 unspecified atom stereocenters. The second kappa shape index (κ2) is 32.2. The van der Waals surface area contributed by atoms with Crippen LogP contribution < -0.4 is 0 Å². The van der Waals surface area contributed by atoms with Crippen molar-refractivity contribution in [3.63, 3.8) is 0 Å². The Morgan fingerprint density at radius 3 is 1.02 bits per heavy atom. The Kier molecular flexibility index (Phi) is 29.8. The summed E-state index contributed by atoms with van der Waals surface area (Å²) in [5.74, 6) is 0. The van der Waals surface area contributed by atoms with Gasteiger partial charge in [0.1, 0.15) is 0 Å². The quantitative estimate of drug-likeness (QED) is 0.0422. The van der Waals surface area contributed by atoms with Gasteiger partial charge in [-0.15, -0.1) is 0 Å². The second-order valence-electron chi connectivity index (χ2n) is 14.5. The summed E-state index contributed by atoms with van der Waals surface area (Å²) in [4.78, 5) is 10.4. The van der Waals surface area contributed by atoms with E-state index in [0.29, 0.717) is 0 Å². The maximum atomic E-state index is 5.24. The van der Waals surface area contributed by atoms with Crippen molar-refractivity contribution in [1.29, 1.82) is 0 Å². The molecule has 3 heteroatoms. The second-order valence-corrected chi connectivity index (χ2v) is 14.5. The number of hydrogen-bond donors (Lipinski definition) is 0. The number of aliphatic imine (C=N–C) groups is 2. The molecule has 2 rings (SSSR count). The first-order valence-corrected chi connectivity index (χ1v) is 21.0. The van der Waals surface area contributed by atoms with Crippen molar-refractivity contribution in [2.75, 3.05) is 0 Å². The summed E-state index contributed by atoms with van der Waals surface area (Å²) in [6.07, 6.45) is 37.0. The molecule has 0 fully saturated rings. The van der Waals surface area contributed by atoms with Crippen molar-refractivity contribution in [3.05, 3.63) is 59.7 Å². The summed E-state index contributed by atoms with van der Waals surface area (Å²) in [5, 5.41) is 0. The molecule has 0 spiro atoms. The molecule has 2 nitrogen and oxygen atoms in total. The van der Waals surface area contributed by atoms with Gasteiger partial charge in [0.15, 0.2) is 0 Å². The van der Waals surface area contributed by atoms with E-state index in [0.717, 1.165) is 29.9 Å². The molecule has 0 N–H and O–H groups in total. The Morgan fingerprint density at radius 2 is 0.673 bits per heavy atom. The fraction of sp³-hybridized carbons (Fsp3) is 0.696. The van der Waals surface area contributed by atoms with E-state index in [1.807, 2.05) is 0 Å². The zero-order valence-corrected chi connectivity index (χ0v) is 33.6. The number of aryl methyl sites for hydroxylation is 2. The summed E-state index contributed by atoms with van der Waals surface area (Å²) in [5.41, 5.74) is 7.35. The van der Waals surface area contributed by atoms with Gasteiger partial charge in [0, 0.05) is 16.5 Å². The molecule has 0 saturated heterocycles. The smallest absolute Gasteiger partial charge is 0.0633 e. The summed E-state index contributed by atoms with van der Waals surface area (Å²) >= 11 is 0. The van der Waals surface area contributed by atoms with Crippen molar-refractivity contribution in [3.8, 4) is 0 Å². The fourth-order valence-corrected chi connectivity index (χ4v) is 6.75. The minimum atomic E-state index is 0. The Bertz CT molecular complexity index is 1070.